The van der Waals surface area contributed by atoms with Crippen molar-refractivity contribution < 1.29 is 23.8 Å². The number of rotatable bonds is 7. The number of carbonyl (C=O) groups is 2. The van der Waals surface area contributed by atoms with Gasteiger partial charge in [-0.3, -0.25) is 9.69 Å². The molecule has 0 aliphatic carbocycles. The van der Waals surface area contributed by atoms with Crippen LogP contribution in [0.25, 0.3) is 11.5 Å². The molecule has 0 saturated carbocycles. The van der Waals surface area contributed by atoms with Crippen LogP contribution in [0.4, 0.5) is 5.69 Å². The summed E-state index contributed by atoms with van der Waals surface area (Å²) in [6.45, 7) is 5.61. The predicted molar refractivity (Wildman–Crippen MR) is 145 cm³/mol. The van der Waals surface area contributed by atoms with E-state index in [1.165, 1.54) is 4.90 Å². The lowest BCUT2D eigenvalue weighted by Crippen LogP contribution is -2.50. The fraction of sp³-hybridized carbons (Fsp3) is 0.233. The Morgan fingerprint density at radius 1 is 1.11 bits per heavy atom. The molecule has 0 bridgehead atoms. The minimum atomic E-state index is -1.02. The second kappa shape index (κ2) is 9.99. The number of hydrogen-bond acceptors (Lipinski definition) is 5. The highest BCUT2D eigenvalue weighted by atomic mass is 35.5. The van der Waals surface area contributed by atoms with Crippen LogP contribution in [0.2, 0.25) is 5.02 Å². The molecule has 3 aromatic carbocycles. The first kappa shape index (κ1) is 25.5. The molecule has 8 heteroatoms. The number of amides is 1. The maximum atomic E-state index is 13.8. The van der Waals surface area contributed by atoms with Gasteiger partial charge in [0.25, 0.3) is 0 Å². The Morgan fingerprint density at radius 2 is 1.84 bits per heavy atom. The van der Waals surface area contributed by atoms with Crippen molar-refractivity contribution in [2.24, 2.45) is 0 Å². The topological polar surface area (TPSA) is 92.9 Å². The number of aromatic nitrogens is 1. The van der Waals surface area contributed by atoms with E-state index >= 15 is 0 Å². The fourth-order valence-electron chi connectivity index (χ4n) is 4.66. The Balaban J connectivity index is 1.35. The Morgan fingerprint density at radius 3 is 2.58 bits per heavy atom. The molecule has 0 saturated heterocycles. The number of aryl methyl sites for hydroxylation is 1. The van der Waals surface area contributed by atoms with E-state index in [2.05, 4.69) is 4.98 Å². The summed E-state index contributed by atoms with van der Waals surface area (Å²) < 4.78 is 11.9. The zero-order valence-electron chi connectivity index (χ0n) is 21.3. The van der Waals surface area contributed by atoms with Crippen LogP contribution in [-0.4, -0.2) is 28.0 Å². The highest BCUT2D eigenvalue weighted by Crippen LogP contribution is 2.38. The van der Waals surface area contributed by atoms with E-state index in [1.54, 1.807) is 32.0 Å². The molecule has 0 radical (unpaired) electrons. The second-order valence-electron chi connectivity index (χ2n) is 9.83. The zero-order valence-corrected chi connectivity index (χ0v) is 22.0. The van der Waals surface area contributed by atoms with E-state index in [0.717, 1.165) is 11.1 Å². The van der Waals surface area contributed by atoms with Gasteiger partial charge >= 0.3 is 5.97 Å². The number of halogens is 1. The van der Waals surface area contributed by atoms with Crippen LogP contribution in [0.3, 0.4) is 0 Å². The normalized spacial score (nSPS) is 14.8. The number of anilines is 1. The molecule has 0 unspecified atom stereocenters. The molecule has 2 heterocycles. The SMILES string of the molecule is Cc1oc(-c2ccc(Cl)cc2)nc1COc1cccc(C(C)(C)C(=O)N2c3ccccc3C[C@@H]2C(=O)O)c1. The Hall–Kier alpha value is -4.10. The van der Waals surface area contributed by atoms with E-state index in [-0.39, 0.29) is 18.9 Å². The second-order valence-corrected chi connectivity index (χ2v) is 10.3. The number of aliphatic carboxylic acids is 1. The van der Waals surface area contributed by atoms with Gasteiger partial charge in [-0.2, -0.15) is 0 Å². The molecule has 5 rings (SSSR count). The van der Waals surface area contributed by atoms with Crippen LogP contribution in [0.15, 0.2) is 77.2 Å². The van der Waals surface area contributed by atoms with Crippen LogP contribution >= 0.6 is 11.6 Å². The number of para-hydroxylation sites is 1. The quantitative estimate of drug-likeness (QED) is 0.306. The van der Waals surface area contributed by atoms with Crippen molar-refractivity contribution >= 4 is 29.2 Å². The summed E-state index contributed by atoms with van der Waals surface area (Å²) in [7, 11) is 0. The minimum absolute atomic E-state index is 0.182. The smallest absolute Gasteiger partial charge is 0.327 e. The maximum absolute atomic E-state index is 13.8. The Labute approximate surface area is 225 Å². The van der Waals surface area contributed by atoms with E-state index in [9.17, 15) is 14.7 Å². The molecule has 1 amide bonds. The lowest BCUT2D eigenvalue weighted by Gasteiger charge is -2.32. The average Bonchev–Trinajstić information content (AvgIpc) is 3.48. The van der Waals surface area contributed by atoms with Gasteiger partial charge in [0.05, 0.1) is 5.41 Å². The average molecular weight is 531 g/mol. The van der Waals surface area contributed by atoms with Crippen LogP contribution in [-0.2, 0) is 28.0 Å². The van der Waals surface area contributed by atoms with Crippen molar-refractivity contribution in [2.75, 3.05) is 4.90 Å². The summed E-state index contributed by atoms with van der Waals surface area (Å²) in [5.41, 5.74) is 2.68. The van der Waals surface area contributed by atoms with Gasteiger partial charge in [0.2, 0.25) is 11.8 Å². The first-order chi connectivity index (χ1) is 18.1. The van der Waals surface area contributed by atoms with Crippen molar-refractivity contribution in [3.05, 3.63) is 100 Å². The molecular formula is C30H27ClN2O5. The molecule has 0 spiro atoms. The van der Waals surface area contributed by atoms with Gasteiger partial charge in [-0.05, 0) is 74.4 Å². The number of carboxylic acids is 1. The molecule has 38 heavy (non-hydrogen) atoms. The van der Waals surface area contributed by atoms with Gasteiger partial charge in [-0.1, -0.05) is 41.9 Å². The van der Waals surface area contributed by atoms with Gasteiger partial charge in [0.1, 0.15) is 29.9 Å². The van der Waals surface area contributed by atoms with E-state index in [1.807, 2.05) is 61.5 Å². The van der Waals surface area contributed by atoms with Crippen LogP contribution in [0.1, 0.15) is 36.4 Å². The number of carbonyl (C=O) groups excluding carboxylic acids is 1. The summed E-state index contributed by atoms with van der Waals surface area (Å²) >= 11 is 5.98. The lowest BCUT2D eigenvalue weighted by atomic mass is 9.82. The first-order valence-corrected chi connectivity index (χ1v) is 12.6. The predicted octanol–water partition coefficient (Wildman–Crippen LogP) is 6.20. The number of carboxylic acid groups (broad SMARTS) is 1. The van der Waals surface area contributed by atoms with E-state index in [4.69, 9.17) is 20.8 Å². The zero-order chi connectivity index (χ0) is 27.0. The number of oxazole rings is 1. The number of nitrogens with zero attached hydrogens (tertiary/aromatic N) is 2. The standard InChI is InChI=1S/C30H27ClN2O5/c1-18-24(32-27(38-18)19-11-13-22(31)14-12-19)17-37-23-9-6-8-21(16-23)30(2,3)29(36)33-25-10-5-4-7-20(25)15-26(33)28(34)35/h4-14,16,26H,15,17H2,1-3H3,(H,34,35)/t26-/m1/s1. The molecule has 1 N–H and O–H groups in total. The molecule has 4 aromatic rings. The number of ether oxygens (including phenoxy) is 1. The molecule has 1 aliphatic heterocycles. The van der Waals surface area contributed by atoms with Crippen molar-refractivity contribution in [1.29, 1.82) is 0 Å². The molecule has 1 atom stereocenters. The van der Waals surface area contributed by atoms with Crippen molar-refractivity contribution in [3.8, 4) is 17.2 Å². The molecule has 194 valence electrons. The number of fused-ring (bicyclic) bond motifs is 1. The largest absolute Gasteiger partial charge is 0.487 e. The third-order valence-corrected chi connectivity index (χ3v) is 7.18. The third-order valence-electron chi connectivity index (χ3n) is 6.93. The van der Waals surface area contributed by atoms with Gasteiger partial charge in [-0.25, -0.2) is 9.78 Å². The van der Waals surface area contributed by atoms with Crippen LogP contribution in [0, 0.1) is 6.92 Å². The van der Waals surface area contributed by atoms with Gasteiger partial charge < -0.3 is 14.3 Å². The number of hydrogen-bond donors (Lipinski definition) is 1. The summed E-state index contributed by atoms with van der Waals surface area (Å²) in [5, 5.41) is 10.5. The van der Waals surface area contributed by atoms with Crippen LogP contribution in [0.5, 0.6) is 5.75 Å². The molecule has 1 aromatic heterocycles. The minimum Gasteiger partial charge on any atom is -0.487 e. The highest BCUT2D eigenvalue weighted by Gasteiger charge is 2.44. The van der Waals surface area contributed by atoms with Gasteiger partial charge in [0.15, 0.2) is 0 Å². The first-order valence-electron chi connectivity index (χ1n) is 12.2. The third kappa shape index (κ3) is 4.77. The number of benzene rings is 3. The van der Waals surface area contributed by atoms with Gasteiger partial charge in [0, 0.05) is 22.7 Å². The van der Waals surface area contributed by atoms with Gasteiger partial charge in [-0.15, -0.1) is 0 Å². The maximum Gasteiger partial charge on any atom is 0.327 e. The molecule has 7 nitrogen and oxygen atoms in total. The highest BCUT2D eigenvalue weighted by molar-refractivity contribution is 6.30. The van der Waals surface area contributed by atoms with Crippen molar-refractivity contribution in [3.63, 3.8) is 0 Å². The van der Waals surface area contributed by atoms with E-state index < -0.39 is 17.4 Å². The van der Waals surface area contributed by atoms with Crippen LogP contribution < -0.4 is 9.64 Å². The summed E-state index contributed by atoms with van der Waals surface area (Å²) in [5.74, 6) is 0.386. The lowest BCUT2D eigenvalue weighted by molar-refractivity contribution is -0.140. The Kier molecular flexibility index (Phi) is 6.71. The summed E-state index contributed by atoms with van der Waals surface area (Å²) in [6.07, 6.45) is 0.283. The summed E-state index contributed by atoms with van der Waals surface area (Å²) in [4.78, 5) is 31.8. The molecule has 0 fully saturated rings. The molecule has 1 aliphatic rings. The Bertz CT molecular complexity index is 1510. The summed E-state index contributed by atoms with van der Waals surface area (Å²) in [6, 6.07) is 20.9. The molecular weight excluding hydrogens is 504 g/mol. The van der Waals surface area contributed by atoms with E-state index in [0.29, 0.717) is 39.4 Å². The fourth-order valence-corrected chi connectivity index (χ4v) is 4.79. The monoisotopic (exact) mass is 530 g/mol. The van der Waals surface area contributed by atoms with Crippen molar-refractivity contribution in [1.82, 2.24) is 4.98 Å². The van der Waals surface area contributed by atoms with Crippen molar-refractivity contribution in [2.45, 2.75) is 45.3 Å².